The minimum absolute atomic E-state index is 0.257. The fourth-order valence-electron chi connectivity index (χ4n) is 2.53. The summed E-state index contributed by atoms with van der Waals surface area (Å²) in [6, 6.07) is 15.4. The molecule has 0 amide bonds. The Morgan fingerprint density at radius 2 is 1.81 bits per heavy atom. The molecule has 0 bridgehead atoms. The lowest BCUT2D eigenvalue weighted by atomic mass is 9.92. The first-order valence-electron chi connectivity index (χ1n) is 7.38. The number of hydrogen-bond acceptors (Lipinski definition) is 1. The first-order chi connectivity index (χ1) is 10.2. The second kappa shape index (κ2) is 8.16. The van der Waals surface area contributed by atoms with Crippen LogP contribution in [0.5, 0.6) is 0 Å². The van der Waals surface area contributed by atoms with E-state index < -0.39 is 0 Å². The number of benzene rings is 2. The van der Waals surface area contributed by atoms with Crippen LogP contribution in [-0.4, -0.2) is 13.1 Å². The van der Waals surface area contributed by atoms with Crippen molar-refractivity contribution in [3.05, 3.63) is 70.5 Å². The first kappa shape index (κ1) is 16.0. The lowest BCUT2D eigenvalue weighted by Crippen LogP contribution is -2.25. The van der Waals surface area contributed by atoms with Crippen LogP contribution in [0.25, 0.3) is 0 Å². The van der Waals surface area contributed by atoms with Crippen LogP contribution < -0.4 is 5.32 Å². The highest BCUT2D eigenvalue weighted by Crippen LogP contribution is 2.23. The summed E-state index contributed by atoms with van der Waals surface area (Å²) in [6.07, 6.45) is 1.74. The molecule has 0 spiro atoms. The molecular formula is C18H21ClFN. The summed E-state index contributed by atoms with van der Waals surface area (Å²) < 4.78 is 13.6. The lowest BCUT2D eigenvalue weighted by Gasteiger charge is -2.18. The summed E-state index contributed by atoms with van der Waals surface area (Å²) in [5.74, 6) is 0.0581. The van der Waals surface area contributed by atoms with Crippen LogP contribution in [0.4, 0.5) is 4.39 Å². The van der Waals surface area contributed by atoms with Gasteiger partial charge < -0.3 is 5.32 Å². The molecule has 0 heterocycles. The van der Waals surface area contributed by atoms with Gasteiger partial charge in [0.15, 0.2) is 0 Å². The quantitative estimate of drug-likeness (QED) is 0.794. The number of halogens is 2. The van der Waals surface area contributed by atoms with E-state index in [0.29, 0.717) is 5.92 Å². The van der Waals surface area contributed by atoms with Crippen LogP contribution in [0.3, 0.4) is 0 Å². The molecule has 112 valence electrons. The molecule has 0 aliphatic carbocycles. The van der Waals surface area contributed by atoms with Gasteiger partial charge in [0.25, 0.3) is 0 Å². The van der Waals surface area contributed by atoms with Gasteiger partial charge >= 0.3 is 0 Å². The predicted octanol–water partition coefficient (Wildman–Crippen LogP) is 4.49. The third-order valence-electron chi connectivity index (χ3n) is 3.59. The van der Waals surface area contributed by atoms with E-state index in [4.69, 9.17) is 11.6 Å². The molecule has 0 aliphatic heterocycles. The molecule has 1 unspecified atom stereocenters. The van der Waals surface area contributed by atoms with E-state index >= 15 is 0 Å². The van der Waals surface area contributed by atoms with Crippen LogP contribution in [0.15, 0.2) is 48.5 Å². The molecule has 21 heavy (non-hydrogen) atoms. The molecule has 0 saturated carbocycles. The van der Waals surface area contributed by atoms with Crippen molar-refractivity contribution in [3.8, 4) is 0 Å². The fourth-order valence-corrected chi connectivity index (χ4v) is 2.73. The maximum atomic E-state index is 13.6. The highest BCUT2D eigenvalue weighted by Gasteiger charge is 2.14. The molecule has 0 fully saturated rings. The Bertz CT molecular complexity index is 556. The summed E-state index contributed by atoms with van der Waals surface area (Å²) in [7, 11) is 0. The third kappa shape index (κ3) is 4.83. The lowest BCUT2D eigenvalue weighted by molar-refractivity contribution is 0.477. The van der Waals surface area contributed by atoms with E-state index in [9.17, 15) is 4.39 Å². The van der Waals surface area contributed by atoms with Gasteiger partial charge in [-0.1, -0.05) is 61.0 Å². The average Bonchev–Trinajstić information content (AvgIpc) is 2.50. The van der Waals surface area contributed by atoms with Crippen molar-refractivity contribution in [1.82, 2.24) is 5.32 Å². The second-order valence-electron chi connectivity index (χ2n) is 5.28. The molecule has 2 aromatic rings. The van der Waals surface area contributed by atoms with Gasteiger partial charge in [-0.2, -0.15) is 0 Å². The summed E-state index contributed by atoms with van der Waals surface area (Å²) in [6.45, 7) is 3.93. The van der Waals surface area contributed by atoms with Gasteiger partial charge in [0.05, 0.1) is 5.02 Å². The Hall–Kier alpha value is -1.38. The van der Waals surface area contributed by atoms with Crippen molar-refractivity contribution >= 4 is 11.6 Å². The van der Waals surface area contributed by atoms with Gasteiger partial charge in [-0.3, -0.25) is 0 Å². The molecule has 0 radical (unpaired) electrons. The predicted molar refractivity (Wildman–Crippen MR) is 87.3 cm³/mol. The summed E-state index contributed by atoms with van der Waals surface area (Å²) in [5, 5.41) is 3.64. The SMILES string of the molecule is CCNCC(Cc1ccccc1)Cc1cccc(F)c1Cl. The van der Waals surface area contributed by atoms with Crippen molar-refractivity contribution in [2.75, 3.05) is 13.1 Å². The molecule has 2 aromatic carbocycles. The Kier molecular flexibility index (Phi) is 6.21. The number of rotatable bonds is 7. The zero-order valence-corrected chi connectivity index (χ0v) is 13.0. The van der Waals surface area contributed by atoms with Crippen LogP contribution in [0.1, 0.15) is 18.1 Å². The zero-order valence-electron chi connectivity index (χ0n) is 12.3. The van der Waals surface area contributed by atoms with Crippen LogP contribution >= 0.6 is 11.6 Å². The molecule has 1 N–H and O–H groups in total. The number of nitrogens with one attached hydrogen (secondary N) is 1. The number of hydrogen-bond donors (Lipinski definition) is 1. The van der Waals surface area contributed by atoms with Crippen molar-refractivity contribution in [1.29, 1.82) is 0 Å². The van der Waals surface area contributed by atoms with Crippen molar-refractivity contribution in [2.24, 2.45) is 5.92 Å². The topological polar surface area (TPSA) is 12.0 Å². The van der Waals surface area contributed by atoms with Crippen LogP contribution in [0, 0.1) is 11.7 Å². The van der Waals surface area contributed by atoms with Gasteiger partial charge in [0, 0.05) is 0 Å². The minimum atomic E-state index is -0.337. The molecule has 1 nitrogen and oxygen atoms in total. The average molecular weight is 306 g/mol. The maximum Gasteiger partial charge on any atom is 0.142 e. The molecular weight excluding hydrogens is 285 g/mol. The fraction of sp³-hybridized carbons (Fsp3) is 0.333. The molecule has 0 aromatic heterocycles. The second-order valence-corrected chi connectivity index (χ2v) is 5.66. The molecule has 2 rings (SSSR count). The Labute approximate surface area is 131 Å². The molecule has 0 aliphatic rings. The summed E-state index contributed by atoms with van der Waals surface area (Å²) in [4.78, 5) is 0. The monoisotopic (exact) mass is 305 g/mol. The van der Waals surface area contributed by atoms with E-state index in [1.807, 2.05) is 12.1 Å². The van der Waals surface area contributed by atoms with Gasteiger partial charge in [-0.15, -0.1) is 0 Å². The zero-order chi connectivity index (χ0) is 15.1. The smallest absolute Gasteiger partial charge is 0.142 e. The standard InChI is InChI=1S/C18H21ClFN/c1-2-21-13-15(11-14-7-4-3-5-8-14)12-16-9-6-10-17(20)18(16)19/h3-10,15,21H,2,11-13H2,1H3. The van der Waals surface area contributed by atoms with E-state index in [-0.39, 0.29) is 10.8 Å². The van der Waals surface area contributed by atoms with Gasteiger partial charge in [0.2, 0.25) is 0 Å². The van der Waals surface area contributed by atoms with Crippen LogP contribution in [-0.2, 0) is 12.8 Å². The molecule has 3 heteroatoms. The Balaban J connectivity index is 2.10. The highest BCUT2D eigenvalue weighted by atomic mass is 35.5. The molecule has 1 atom stereocenters. The maximum absolute atomic E-state index is 13.6. The molecule has 0 saturated heterocycles. The van der Waals surface area contributed by atoms with Crippen molar-refractivity contribution in [2.45, 2.75) is 19.8 Å². The van der Waals surface area contributed by atoms with Crippen molar-refractivity contribution < 1.29 is 4.39 Å². The van der Waals surface area contributed by atoms with E-state index in [2.05, 4.69) is 36.5 Å². The van der Waals surface area contributed by atoms with Crippen LogP contribution in [0.2, 0.25) is 5.02 Å². The third-order valence-corrected chi connectivity index (χ3v) is 4.01. The van der Waals surface area contributed by atoms with Gasteiger partial charge in [-0.05, 0) is 49.0 Å². The first-order valence-corrected chi connectivity index (χ1v) is 7.76. The Morgan fingerprint density at radius 3 is 2.52 bits per heavy atom. The van der Waals surface area contributed by atoms with E-state index in [1.54, 1.807) is 6.07 Å². The summed E-state index contributed by atoms with van der Waals surface area (Å²) >= 11 is 6.08. The Morgan fingerprint density at radius 1 is 1.05 bits per heavy atom. The summed E-state index contributed by atoms with van der Waals surface area (Å²) in [5.41, 5.74) is 2.18. The van der Waals surface area contributed by atoms with E-state index in [0.717, 1.165) is 31.5 Å². The van der Waals surface area contributed by atoms with Gasteiger partial charge in [-0.25, -0.2) is 4.39 Å². The largest absolute Gasteiger partial charge is 0.317 e. The normalized spacial score (nSPS) is 12.3. The van der Waals surface area contributed by atoms with Crippen molar-refractivity contribution in [3.63, 3.8) is 0 Å². The minimum Gasteiger partial charge on any atom is -0.317 e. The van der Waals surface area contributed by atoms with Gasteiger partial charge in [0.1, 0.15) is 5.82 Å². The van der Waals surface area contributed by atoms with E-state index in [1.165, 1.54) is 11.6 Å². The highest BCUT2D eigenvalue weighted by molar-refractivity contribution is 6.31.